The van der Waals surface area contributed by atoms with Crippen LogP contribution in [-0.4, -0.2) is 52.5 Å². The van der Waals surface area contributed by atoms with Crippen molar-refractivity contribution in [3.63, 3.8) is 0 Å². The molecule has 170 valence electrons. The first-order valence-corrected chi connectivity index (χ1v) is 11.8. The fourth-order valence-electron chi connectivity index (χ4n) is 8.12. The molecule has 9 atom stereocenters. The molecule has 5 rings (SSSR count). The van der Waals surface area contributed by atoms with Crippen molar-refractivity contribution in [1.29, 1.82) is 0 Å². The van der Waals surface area contributed by atoms with Gasteiger partial charge in [0.1, 0.15) is 6.61 Å². The number of hydrogen-bond donors (Lipinski definition) is 2. The van der Waals surface area contributed by atoms with Crippen LogP contribution in [0.4, 0.5) is 0 Å². The zero-order chi connectivity index (χ0) is 22.2. The van der Waals surface area contributed by atoms with E-state index in [-0.39, 0.29) is 34.7 Å². The molecule has 4 aliphatic carbocycles. The van der Waals surface area contributed by atoms with Gasteiger partial charge in [-0.25, -0.2) is 0 Å². The first kappa shape index (κ1) is 21.5. The van der Waals surface area contributed by atoms with E-state index in [4.69, 9.17) is 9.47 Å². The maximum absolute atomic E-state index is 13.2. The van der Waals surface area contributed by atoms with Crippen molar-refractivity contribution in [2.45, 2.75) is 83.4 Å². The molecule has 0 radical (unpaired) electrons. The quantitative estimate of drug-likeness (QED) is 0.712. The molecule has 1 saturated heterocycles. The molecule has 0 aromatic carbocycles. The highest BCUT2D eigenvalue weighted by Gasteiger charge is 2.75. The van der Waals surface area contributed by atoms with Crippen LogP contribution in [0.5, 0.6) is 0 Å². The van der Waals surface area contributed by atoms with Gasteiger partial charge < -0.3 is 19.7 Å². The number of fused-ring (bicyclic) bond motifs is 7. The summed E-state index contributed by atoms with van der Waals surface area (Å²) in [6.45, 7) is 5.67. The average Bonchev–Trinajstić information content (AvgIpc) is 3.20. The molecule has 6 heteroatoms. The molecule has 0 bridgehead atoms. The van der Waals surface area contributed by atoms with Gasteiger partial charge in [0.2, 0.25) is 0 Å². The number of ether oxygens (including phenoxy) is 2. The molecule has 2 N–H and O–H groups in total. The van der Waals surface area contributed by atoms with E-state index in [9.17, 15) is 19.8 Å². The fraction of sp³-hybridized carbons (Fsp3) is 0.760. The summed E-state index contributed by atoms with van der Waals surface area (Å²) < 4.78 is 12.7. The van der Waals surface area contributed by atoms with Crippen LogP contribution in [0.1, 0.15) is 59.3 Å². The summed E-state index contributed by atoms with van der Waals surface area (Å²) in [6.07, 6.45) is 8.31. The zero-order valence-corrected chi connectivity index (χ0v) is 18.7. The Bertz CT molecular complexity index is 862. The summed E-state index contributed by atoms with van der Waals surface area (Å²) in [7, 11) is 0. The van der Waals surface area contributed by atoms with Gasteiger partial charge in [0.25, 0.3) is 0 Å². The summed E-state index contributed by atoms with van der Waals surface area (Å²) >= 11 is 0. The topological polar surface area (TPSA) is 93.1 Å². The Hall–Kier alpha value is -1.34. The van der Waals surface area contributed by atoms with Crippen LogP contribution in [0.25, 0.3) is 0 Å². The predicted octanol–water partition coefficient (Wildman–Crippen LogP) is 2.72. The molecule has 3 saturated carbocycles. The first-order valence-electron chi connectivity index (χ1n) is 11.8. The van der Waals surface area contributed by atoms with Gasteiger partial charge in [0.15, 0.2) is 23.5 Å². The minimum atomic E-state index is -1.20. The Kier molecular flexibility index (Phi) is 4.91. The van der Waals surface area contributed by atoms with Gasteiger partial charge in [-0.15, -0.1) is 0 Å². The number of allylic oxidation sites excluding steroid dienone is 4. The minimum Gasteiger partial charge on any atom is -0.393 e. The molecule has 4 unspecified atom stereocenters. The Morgan fingerprint density at radius 3 is 2.81 bits per heavy atom. The molecule has 1 heterocycles. The predicted molar refractivity (Wildman–Crippen MR) is 113 cm³/mol. The molecule has 0 aromatic rings. The van der Waals surface area contributed by atoms with Crippen LogP contribution in [0.15, 0.2) is 23.8 Å². The SMILES string of the molecule is CCCC1O[C@@H]2C[C@H]3[C@@H]4CCC5=CC(=O)C=CC5(C)[C@H]4[C@@H](O)CC3(C)C2(C(=O)CO)O1. The lowest BCUT2D eigenvalue weighted by Gasteiger charge is -2.59. The standard InChI is InChI=1S/C25H34O6/c1-4-5-21-30-20-11-17-16-7-6-14-10-15(27)8-9-23(14,2)22(16)18(28)12-24(17,3)25(20,31-21)19(29)13-26/h8-10,16-18,20-22,26,28H,4-7,11-13H2,1-3H3/t16-,17-,18-,20+,21?,22+,23?,24?,25?/m0/s1. The van der Waals surface area contributed by atoms with Crippen LogP contribution in [-0.2, 0) is 19.1 Å². The van der Waals surface area contributed by atoms with Crippen molar-refractivity contribution in [3.8, 4) is 0 Å². The maximum Gasteiger partial charge on any atom is 0.193 e. The van der Waals surface area contributed by atoms with Crippen molar-refractivity contribution in [2.24, 2.45) is 28.6 Å². The maximum atomic E-state index is 13.2. The molecule has 4 fully saturated rings. The molecule has 0 spiro atoms. The minimum absolute atomic E-state index is 0.0125. The van der Waals surface area contributed by atoms with E-state index in [0.29, 0.717) is 19.3 Å². The molecular weight excluding hydrogens is 396 g/mol. The van der Waals surface area contributed by atoms with Gasteiger partial charge in [-0.2, -0.15) is 0 Å². The molecule has 0 aromatic heterocycles. The van der Waals surface area contributed by atoms with Crippen molar-refractivity contribution in [2.75, 3.05) is 6.61 Å². The van der Waals surface area contributed by atoms with Crippen molar-refractivity contribution >= 4 is 11.6 Å². The molecule has 31 heavy (non-hydrogen) atoms. The lowest BCUT2D eigenvalue weighted by molar-refractivity contribution is -0.200. The Labute approximate surface area is 183 Å². The number of ketones is 2. The molecule has 6 nitrogen and oxygen atoms in total. The second-order valence-electron chi connectivity index (χ2n) is 10.7. The summed E-state index contributed by atoms with van der Waals surface area (Å²) in [6, 6.07) is 0. The second-order valence-corrected chi connectivity index (χ2v) is 10.7. The van der Waals surface area contributed by atoms with Crippen molar-refractivity contribution < 1.29 is 29.3 Å². The molecule has 1 aliphatic heterocycles. The van der Waals surface area contributed by atoms with Gasteiger partial charge in [0, 0.05) is 16.7 Å². The Morgan fingerprint density at radius 2 is 2.10 bits per heavy atom. The summed E-state index contributed by atoms with van der Waals surface area (Å²) in [5.41, 5.74) is -1.05. The molecule has 0 amide bonds. The average molecular weight is 431 g/mol. The zero-order valence-electron chi connectivity index (χ0n) is 18.7. The highest BCUT2D eigenvalue weighted by Crippen LogP contribution is 2.69. The van der Waals surface area contributed by atoms with Crippen LogP contribution in [0, 0.1) is 28.6 Å². The number of rotatable bonds is 4. The van der Waals surface area contributed by atoms with E-state index in [1.807, 2.05) is 6.08 Å². The lowest BCUT2D eigenvalue weighted by atomic mass is 9.46. The lowest BCUT2D eigenvalue weighted by Crippen LogP contribution is -2.63. The number of hydrogen-bond acceptors (Lipinski definition) is 6. The van der Waals surface area contributed by atoms with E-state index in [1.165, 1.54) is 0 Å². The third kappa shape index (κ3) is 2.65. The van der Waals surface area contributed by atoms with Gasteiger partial charge in [-0.1, -0.05) is 38.8 Å². The van der Waals surface area contributed by atoms with Gasteiger partial charge in [-0.05, 0) is 56.1 Å². The highest BCUT2D eigenvalue weighted by atomic mass is 16.7. The second kappa shape index (κ2) is 7.08. The summed E-state index contributed by atoms with van der Waals surface area (Å²) in [5, 5.41) is 21.4. The fourth-order valence-corrected chi connectivity index (χ4v) is 8.12. The van der Waals surface area contributed by atoms with Crippen molar-refractivity contribution in [3.05, 3.63) is 23.8 Å². The molecular formula is C25H34O6. The van der Waals surface area contributed by atoms with Crippen LogP contribution in [0.3, 0.4) is 0 Å². The van der Waals surface area contributed by atoms with Gasteiger partial charge in [0.05, 0.1) is 12.2 Å². The van der Waals surface area contributed by atoms with Crippen LogP contribution < -0.4 is 0 Å². The summed E-state index contributed by atoms with van der Waals surface area (Å²) in [5.74, 6) is 0.0274. The molecule has 5 aliphatic rings. The van der Waals surface area contributed by atoms with Gasteiger partial charge in [-0.3, -0.25) is 9.59 Å². The third-order valence-electron chi connectivity index (χ3n) is 9.37. The van der Waals surface area contributed by atoms with E-state index in [1.54, 1.807) is 12.2 Å². The van der Waals surface area contributed by atoms with Gasteiger partial charge >= 0.3 is 0 Å². The number of aliphatic hydroxyl groups excluding tert-OH is 2. The van der Waals surface area contributed by atoms with Crippen molar-refractivity contribution in [1.82, 2.24) is 0 Å². The van der Waals surface area contributed by atoms with E-state index in [2.05, 4.69) is 20.8 Å². The largest absolute Gasteiger partial charge is 0.393 e. The van der Waals surface area contributed by atoms with E-state index < -0.39 is 36.1 Å². The number of Topliss-reactive ketones (excluding diaryl/α,β-unsaturated/α-hetero) is 1. The Balaban J connectivity index is 1.55. The smallest absolute Gasteiger partial charge is 0.193 e. The van der Waals surface area contributed by atoms with Crippen LogP contribution in [0.2, 0.25) is 0 Å². The summed E-state index contributed by atoms with van der Waals surface area (Å²) in [4.78, 5) is 25.2. The first-order chi connectivity index (χ1) is 14.7. The highest BCUT2D eigenvalue weighted by molar-refractivity contribution is 6.01. The number of carbonyl (C=O) groups is 2. The van der Waals surface area contributed by atoms with Crippen LogP contribution >= 0.6 is 0 Å². The normalized spacial score (nSPS) is 50.4. The number of aliphatic hydroxyl groups is 2. The third-order valence-corrected chi connectivity index (χ3v) is 9.37. The number of carbonyl (C=O) groups excluding carboxylic acids is 2. The van der Waals surface area contributed by atoms with E-state index in [0.717, 1.165) is 24.8 Å². The Morgan fingerprint density at radius 1 is 1.32 bits per heavy atom. The monoisotopic (exact) mass is 430 g/mol. The van der Waals surface area contributed by atoms with E-state index >= 15 is 0 Å².